The van der Waals surface area contributed by atoms with Crippen molar-refractivity contribution < 1.29 is 14.7 Å². The molecule has 0 spiro atoms. The van der Waals surface area contributed by atoms with E-state index in [2.05, 4.69) is 27.9 Å². The second kappa shape index (κ2) is 5.96. The zero-order valence-electron chi connectivity index (χ0n) is 9.90. The van der Waals surface area contributed by atoms with Crippen molar-refractivity contribution >= 4 is 51.9 Å². The highest BCUT2D eigenvalue weighted by atomic mass is 127. The lowest BCUT2D eigenvalue weighted by Gasteiger charge is -2.22. The highest BCUT2D eigenvalue weighted by Crippen LogP contribution is 2.25. The topological polar surface area (TPSA) is 69.6 Å². The average Bonchev–Trinajstić information content (AvgIpc) is 2.82. The third-order valence-electron chi connectivity index (χ3n) is 2.97. The van der Waals surface area contributed by atoms with Gasteiger partial charge < -0.3 is 15.3 Å². The molecule has 1 heterocycles. The zero-order chi connectivity index (χ0) is 14.0. The Morgan fingerprint density at radius 3 is 2.84 bits per heavy atom. The normalized spacial score (nSPS) is 18.4. The van der Waals surface area contributed by atoms with E-state index < -0.39 is 18.0 Å². The molecule has 1 aliphatic rings. The van der Waals surface area contributed by atoms with Crippen molar-refractivity contribution in [2.45, 2.75) is 18.9 Å². The van der Waals surface area contributed by atoms with Crippen LogP contribution in [-0.2, 0) is 4.79 Å². The fourth-order valence-electron chi connectivity index (χ4n) is 2.04. The maximum atomic E-state index is 12.1. The Bertz CT molecular complexity index is 524. The van der Waals surface area contributed by atoms with Gasteiger partial charge in [-0.2, -0.15) is 0 Å². The predicted molar refractivity (Wildman–Crippen MR) is 80.6 cm³/mol. The van der Waals surface area contributed by atoms with Crippen LogP contribution in [0.25, 0.3) is 0 Å². The predicted octanol–water partition coefficient (Wildman–Crippen LogP) is 3.03. The van der Waals surface area contributed by atoms with E-state index in [9.17, 15) is 9.59 Å². The lowest BCUT2D eigenvalue weighted by atomic mass is 10.2. The number of anilines is 1. The van der Waals surface area contributed by atoms with E-state index in [1.165, 1.54) is 4.90 Å². The van der Waals surface area contributed by atoms with Gasteiger partial charge in [-0.15, -0.1) is 0 Å². The summed E-state index contributed by atoms with van der Waals surface area (Å²) >= 11 is 8.15. The highest BCUT2D eigenvalue weighted by molar-refractivity contribution is 14.1. The van der Waals surface area contributed by atoms with Gasteiger partial charge in [0.1, 0.15) is 6.04 Å². The molecule has 0 radical (unpaired) electrons. The summed E-state index contributed by atoms with van der Waals surface area (Å²) in [6, 6.07) is 4.08. The van der Waals surface area contributed by atoms with Crippen LogP contribution in [-0.4, -0.2) is 34.6 Å². The second-order valence-electron chi connectivity index (χ2n) is 4.24. The number of carboxylic acid groups (broad SMARTS) is 1. The number of halogens is 2. The number of likely N-dealkylation sites (tertiary alicyclic amines) is 1. The molecule has 1 aliphatic heterocycles. The number of benzene rings is 1. The SMILES string of the molecule is O=C(O)[C@H]1CCCN1C(=O)Nc1ccc(I)cc1Cl. The summed E-state index contributed by atoms with van der Waals surface area (Å²) in [4.78, 5) is 24.4. The fraction of sp³-hybridized carbons (Fsp3) is 0.333. The van der Waals surface area contributed by atoms with E-state index in [0.717, 1.165) is 3.57 Å². The minimum absolute atomic E-state index is 0.423. The number of hydrogen-bond donors (Lipinski definition) is 2. The van der Waals surface area contributed by atoms with Crippen molar-refractivity contribution in [2.75, 3.05) is 11.9 Å². The van der Waals surface area contributed by atoms with Crippen LogP contribution in [0.4, 0.5) is 10.5 Å². The van der Waals surface area contributed by atoms with Crippen LogP contribution in [0.3, 0.4) is 0 Å². The van der Waals surface area contributed by atoms with Crippen LogP contribution in [0.2, 0.25) is 5.02 Å². The van der Waals surface area contributed by atoms with E-state index in [1.807, 2.05) is 6.07 Å². The molecule has 5 nitrogen and oxygen atoms in total. The van der Waals surface area contributed by atoms with Crippen molar-refractivity contribution in [2.24, 2.45) is 0 Å². The number of hydrogen-bond acceptors (Lipinski definition) is 2. The van der Waals surface area contributed by atoms with E-state index in [4.69, 9.17) is 16.7 Å². The maximum Gasteiger partial charge on any atom is 0.326 e. The number of nitrogens with zero attached hydrogens (tertiary/aromatic N) is 1. The first kappa shape index (κ1) is 14.4. The number of rotatable bonds is 2. The highest BCUT2D eigenvalue weighted by Gasteiger charge is 2.34. The largest absolute Gasteiger partial charge is 0.480 e. The first-order valence-corrected chi connectivity index (χ1v) is 7.20. The molecule has 0 bridgehead atoms. The molecule has 1 aromatic carbocycles. The van der Waals surface area contributed by atoms with Crippen molar-refractivity contribution in [1.29, 1.82) is 0 Å². The molecule has 1 aromatic rings. The number of nitrogens with one attached hydrogen (secondary N) is 1. The van der Waals surface area contributed by atoms with Crippen molar-refractivity contribution in [3.8, 4) is 0 Å². The summed E-state index contributed by atoms with van der Waals surface area (Å²) < 4.78 is 0.963. The molecule has 2 amide bonds. The number of amides is 2. The van der Waals surface area contributed by atoms with Crippen LogP contribution in [0.5, 0.6) is 0 Å². The number of urea groups is 1. The quantitative estimate of drug-likeness (QED) is 0.758. The van der Waals surface area contributed by atoms with E-state index >= 15 is 0 Å². The maximum absolute atomic E-state index is 12.1. The zero-order valence-corrected chi connectivity index (χ0v) is 12.8. The van der Waals surface area contributed by atoms with E-state index in [1.54, 1.807) is 12.1 Å². The minimum Gasteiger partial charge on any atom is -0.480 e. The van der Waals surface area contributed by atoms with Crippen LogP contribution in [0.15, 0.2) is 18.2 Å². The second-order valence-corrected chi connectivity index (χ2v) is 5.90. The van der Waals surface area contributed by atoms with Crippen molar-refractivity contribution in [1.82, 2.24) is 4.90 Å². The molecule has 0 saturated carbocycles. The Labute approximate surface area is 129 Å². The Hall–Kier alpha value is -1.02. The van der Waals surface area contributed by atoms with Gasteiger partial charge in [0.15, 0.2) is 0 Å². The molecular weight excluding hydrogens is 382 g/mol. The molecule has 2 N–H and O–H groups in total. The first-order chi connectivity index (χ1) is 8.99. The van der Waals surface area contributed by atoms with Gasteiger partial charge in [0, 0.05) is 10.1 Å². The standard InChI is InChI=1S/C12H12ClIN2O3/c13-8-6-7(14)3-4-9(8)15-12(19)16-5-1-2-10(16)11(17)18/h3-4,6,10H,1-2,5H2,(H,15,19)(H,17,18)/t10-/m1/s1. The van der Waals surface area contributed by atoms with Crippen LogP contribution >= 0.6 is 34.2 Å². The van der Waals surface area contributed by atoms with Crippen LogP contribution in [0, 0.1) is 3.57 Å². The minimum atomic E-state index is -0.971. The van der Waals surface area contributed by atoms with Crippen LogP contribution in [0.1, 0.15) is 12.8 Å². The van der Waals surface area contributed by atoms with Gasteiger partial charge in [-0.25, -0.2) is 9.59 Å². The molecule has 0 aromatic heterocycles. The lowest BCUT2D eigenvalue weighted by molar-refractivity contribution is -0.141. The van der Waals surface area contributed by atoms with Gasteiger partial charge in [-0.3, -0.25) is 0 Å². The van der Waals surface area contributed by atoms with Gasteiger partial charge >= 0.3 is 12.0 Å². The summed E-state index contributed by atoms with van der Waals surface area (Å²) in [5, 5.41) is 12.1. The van der Waals surface area contributed by atoms with Crippen molar-refractivity contribution in [3.63, 3.8) is 0 Å². The molecule has 7 heteroatoms. The molecular formula is C12H12ClIN2O3. The third kappa shape index (κ3) is 3.30. The van der Waals surface area contributed by atoms with Crippen LogP contribution < -0.4 is 5.32 Å². The molecule has 0 unspecified atom stereocenters. The van der Waals surface area contributed by atoms with Crippen molar-refractivity contribution in [3.05, 3.63) is 26.8 Å². The molecule has 1 fully saturated rings. The van der Waals surface area contributed by atoms with Gasteiger partial charge in [0.25, 0.3) is 0 Å². The van der Waals surface area contributed by atoms with E-state index in [0.29, 0.717) is 30.1 Å². The summed E-state index contributed by atoms with van der Waals surface area (Å²) in [5.74, 6) is -0.971. The summed E-state index contributed by atoms with van der Waals surface area (Å²) in [6.45, 7) is 0.449. The molecule has 102 valence electrons. The first-order valence-electron chi connectivity index (χ1n) is 5.74. The molecule has 2 rings (SSSR count). The van der Waals surface area contributed by atoms with Gasteiger partial charge in [0.2, 0.25) is 0 Å². The summed E-state index contributed by atoms with van der Waals surface area (Å²) in [5.41, 5.74) is 0.489. The third-order valence-corrected chi connectivity index (χ3v) is 3.96. The molecule has 1 atom stereocenters. The number of carbonyl (C=O) groups excluding carboxylic acids is 1. The molecule has 0 aliphatic carbocycles. The Morgan fingerprint density at radius 1 is 1.47 bits per heavy atom. The smallest absolute Gasteiger partial charge is 0.326 e. The monoisotopic (exact) mass is 394 g/mol. The summed E-state index contributed by atoms with van der Waals surface area (Å²) in [6.07, 6.45) is 1.19. The van der Waals surface area contributed by atoms with Gasteiger partial charge in [-0.1, -0.05) is 11.6 Å². The number of carbonyl (C=O) groups is 2. The Kier molecular flexibility index (Phi) is 4.51. The lowest BCUT2D eigenvalue weighted by Crippen LogP contribution is -2.42. The van der Waals surface area contributed by atoms with Gasteiger partial charge in [-0.05, 0) is 53.6 Å². The van der Waals surface area contributed by atoms with Gasteiger partial charge in [0.05, 0.1) is 10.7 Å². The number of carboxylic acids is 1. The van der Waals surface area contributed by atoms with E-state index in [-0.39, 0.29) is 0 Å². The number of aliphatic carboxylic acids is 1. The average molecular weight is 395 g/mol. The molecule has 19 heavy (non-hydrogen) atoms. The Balaban J connectivity index is 2.10. The Morgan fingerprint density at radius 2 is 2.21 bits per heavy atom. The molecule has 1 saturated heterocycles. The fourth-order valence-corrected chi connectivity index (χ4v) is 2.95. The summed E-state index contributed by atoms with van der Waals surface area (Å²) in [7, 11) is 0.